The van der Waals surface area contributed by atoms with Gasteiger partial charge in [0.25, 0.3) is 5.91 Å². The molecule has 3 rings (SSSR count). The third kappa shape index (κ3) is 4.82. The number of nitrogens with zero attached hydrogens (tertiary/aromatic N) is 3. The van der Waals surface area contributed by atoms with Gasteiger partial charge in [-0.15, -0.1) is 0 Å². The van der Waals surface area contributed by atoms with Gasteiger partial charge < -0.3 is 14.6 Å². The number of aromatic nitrogens is 2. The van der Waals surface area contributed by atoms with E-state index in [9.17, 15) is 13.2 Å². The highest BCUT2D eigenvalue weighted by molar-refractivity contribution is 7.89. The molecule has 0 aliphatic carbocycles. The predicted molar refractivity (Wildman–Crippen MR) is 109 cm³/mol. The third-order valence-electron chi connectivity index (χ3n) is 4.30. The Morgan fingerprint density at radius 2 is 1.76 bits per heavy atom. The number of aryl methyl sites for hydroxylation is 1. The number of sulfonamides is 1. The van der Waals surface area contributed by atoms with Crippen molar-refractivity contribution in [2.75, 3.05) is 19.4 Å². The normalized spacial score (nSPS) is 11.4. The smallest absolute Gasteiger partial charge is 0.255 e. The molecule has 1 N–H and O–H groups in total. The molecule has 0 saturated carbocycles. The second kappa shape index (κ2) is 8.46. The molecule has 152 valence electrons. The van der Waals surface area contributed by atoms with Crippen LogP contribution in [0.15, 0.2) is 65.8 Å². The van der Waals surface area contributed by atoms with E-state index in [0.29, 0.717) is 23.6 Å². The Kier molecular flexibility index (Phi) is 6.00. The highest BCUT2D eigenvalue weighted by Crippen LogP contribution is 2.18. The summed E-state index contributed by atoms with van der Waals surface area (Å²) in [4.78, 5) is 16.8. The Hall–Kier alpha value is -3.17. The van der Waals surface area contributed by atoms with Gasteiger partial charge in [0.1, 0.15) is 18.2 Å². The van der Waals surface area contributed by atoms with Gasteiger partial charge in [-0.2, -0.15) is 0 Å². The standard InChI is InChI=1S/C20H22N4O4S/c1-23(2)29(26,27)18-10-6-16(7-11-18)22-20(25)15-4-8-17(9-5-15)28-14-19-21-12-13-24(19)3/h4-13H,14H2,1-3H3,(H,22,25). The fourth-order valence-corrected chi connectivity index (χ4v) is 3.41. The van der Waals surface area contributed by atoms with Crippen LogP contribution in [0, 0.1) is 0 Å². The molecular weight excluding hydrogens is 392 g/mol. The number of hydrogen-bond acceptors (Lipinski definition) is 5. The van der Waals surface area contributed by atoms with Crippen LogP contribution in [-0.4, -0.2) is 42.3 Å². The number of imidazole rings is 1. The van der Waals surface area contributed by atoms with E-state index in [0.717, 1.165) is 10.1 Å². The summed E-state index contributed by atoms with van der Waals surface area (Å²) in [6, 6.07) is 12.8. The lowest BCUT2D eigenvalue weighted by Crippen LogP contribution is -2.22. The highest BCUT2D eigenvalue weighted by atomic mass is 32.2. The minimum atomic E-state index is -3.50. The largest absolute Gasteiger partial charge is 0.486 e. The molecule has 1 amide bonds. The molecule has 29 heavy (non-hydrogen) atoms. The molecule has 1 heterocycles. The van der Waals surface area contributed by atoms with Gasteiger partial charge in [-0.1, -0.05) is 0 Å². The Morgan fingerprint density at radius 1 is 1.10 bits per heavy atom. The van der Waals surface area contributed by atoms with Crippen LogP contribution >= 0.6 is 0 Å². The van der Waals surface area contributed by atoms with Crippen molar-refractivity contribution in [2.45, 2.75) is 11.5 Å². The molecule has 8 nitrogen and oxygen atoms in total. The second-order valence-electron chi connectivity index (χ2n) is 6.53. The number of nitrogens with one attached hydrogen (secondary N) is 1. The molecular formula is C20H22N4O4S. The van der Waals surface area contributed by atoms with Crippen LogP contribution in [0.2, 0.25) is 0 Å². The molecule has 3 aromatic rings. The van der Waals surface area contributed by atoms with Gasteiger partial charge in [0.15, 0.2) is 0 Å². The molecule has 0 fully saturated rings. The zero-order valence-electron chi connectivity index (χ0n) is 16.4. The van der Waals surface area contributed by atoms with Crippen molar-refractivity contribution in [3.8, 4) is 5.75 Å². The molecule has 1 aromatic heterocycles. The highest BCUT2D eigenvalue weighted by Gasteiger charge is 2.17. The molecule has 0 saturated heterocycles. The molecule has 2 aromatic carbocycles. The van der Waals surface area contributed by atoms with Crippen LogP contribution < -0.4 is 10.1 Å². The summed E-state index contributed by atoms with van der Waals surface area (Å²) < 4.78 is 32.9. The van der Waals surface area contributed by atoms with Crippen molar-refractivity contribution in [3.63, 3.8) is 0 Å². The van der Waals surface area contributed by atoms with Gasteiger partial charge in [0.05, 0.1) is 4.90 Å². The van der Waals surface area contributed by atoms with Gasteiger partial charge in [-0.05, 0) is 48.5 Å². The number of benzene rings is 2. The first-order chi connectivity index (χ1) is 13.8. The average molecular weight is 414 g/mol. The number of rotatable bonds is 7. The lowest BCUT2D eigenvalue weighted by atomic mass is 10.2. The average Bonchev–Trinajstić information content (AvgIpc) is 3.12. The minimum Gasteiger partial charge on any atom is -0.486 e. The predicted octanol–water partition coefficient (Wildman–Crippen LogP) is 2.50. The Bertz CT molecular complexity index is 1090. The summed E-state index contributed by atoms with van der Waals surface area (Å²) in [6.45, 7) is 0.331. The van der Waals surface area contributed by atoms with Crippen LogP contribution in [0.1, 0.15) is 16.2 Å². The summed E-state index contributed by atoms with van der Waals surface area (Å²) in [5, 5.41) is 2.75. The summed E-state index contributed by atoms with van der Waals surface area (Å²) in [5.41, 5.74) is 0.960. The van der Waals surface area contributed by atoms with Gasteiger partial charge in [0.2, 0.25) is 10.0 Å². The van der Waals surface area contributed by atoms with Gasteiger partial charge in [0, 0.05) is 44.8 Å². The van der Waals surface area contributed by atoms with Gasteiger partial charge in [-0.3, -0.25) is 4.79 Å². The summed E-state index contributed by atoms with van der Waals surface area (Å²) >= 11 is 0. The molecule has 0 unspecified atom stereocenters. The van der Waals surface area contributed by atoms with E-state index < -0.39 is 10.0 Å². The number of ether oxygens (including phenoxy) is 1. The number of amides is 1. The van der Waals surface area contributed by atoms with Crippen LogP contribution in [0.25, 0.3) is 0 Å². The van der Waals surface area contributed by atoms with Crippen LogP contribution in [0.5, 0.6) is 5.75 Å². The zero-order valence-corrected chi connectivity index (χ0v) is 17.2. The van der Waals surface area contributed by atoms with E-state index in [1.165, 1.54) is 26.2 Å². The first-order valence-electron chi connectivity index (χ1n) is 8.80. The third-order valence-corrected chi connectivity index (χ3v) is 6.13. The summed E-state index contributed by atoms with van der Waals surface area (Å²) in [6.07, 6.45) is 3.54. The van der Waals surface area contributed by atoms with E-state index in [2.05, 4.69) is 10.3 Å². The number of carbonyl (C=O) groups is 1. The first-order valence-corrected chi connectivity index (χ1v) is 10.2. The zero-order chi connectivity index (χ0) is 21.0. The summed E-state index contributed by atoms with van der Waals surface area (Å²) in [7, 11) is 1.32. The molecule has 0 aliphatic heterocycles. The SMILES string of the molecule is CN(C)S(=O)(=O)c1ccc(NC(=O)c2ccc(OCc3nccn3C)cc2)cc1. The number of hydrogen-bond donors (Lipinski definition) is 1. The Balaban J connectivity index is 1.61. The van der Waals surface area contributed by atoms with E-state index in [-0.39, 0.29) is 10.8 Å². The Labute approximate surface area is 169 Å². The van der Waals surface area contributed by atoms with Crippen LogP contribution in [-0.2, 0) is 23.7 Å². The van der Waals surface area contributed by atoms with Crippen LogP contribution in [0.4, 0.5) is 5.69 Å². The van der Waals surface area contributed by atoms with Crippen molar-refractivity contribution in [2.24, 2.45) is 7.05 Å². The maximum absolute atomic E-state index is 12.4. The van der Waals surface area contributed by atoms with Crippen molar-refractivity contribution in [1.82, 2.24) is 13.9 Å². The van der Waals surface area contributed by atoms with E-state index in [4.69, 9.17) is 4.74 Å². The number of anilines is 1. The fourth-order valence-electron chi connectivity index (χ4n) is 2.51. The molecule has 0 atom stereocenters. The molecule has 0 spiro atoms. The molecule has 0 aliphatic rings. The monoisotopic (exact) mass is 414 g/mol. The molecule has 0 bridgehead atoms. The van der Waals surface area contributed by atoms with Crippen molar-refractivity contribution in [3.05, 3.63) is 72.3 Å². The fraction of sp³-hybridized carbons (Fsp3) is 0.200. The summed E-state index contributed by atoms with van der Waals surface area (Å²) in [5.74, 6) is 1.12. The van der Waals surface area contributed by atoms with Gasteiger partial charge in [-0.25, -0.2) is 17.7 Å². The van der Waals surface area contributed by atoms with E-state index in [1.54, 1.807) is 42.6 Å². The quantitative estimate of drug-likeness (QED) is 0.641. The van der Waals surface area contributed by atoms with Crippen molar-refractivity contribution in [1.29, 1.82) is 0 Å². The first kappa shape index (κ1) is 20.6. The lowest BCUT2D eigenvalue weighted by Gasteiger charge is -2.12. The second-order valence-corrected chi connectivity index (χ2v) is 8.69. The van der Waals surface area contributed by atoms with Crippen LogP contribution in [0.3, 0.4) is 0 Å². The maximum atomic E-state index is 12.4. The maximum Gasteiger partial charge on any atom is 0.255 e. The van der Waals surface area contributed by atoms with Gasteiger partial charge >= 0.3 is 0 Å². The minimum absolute atomic E-state index is 0.162. The van der Waals surface area contributed by atoms with E-state index >= 15 is 0 Å². The van der Waals surface area contributed by atoms with Crippen molar-refractivity contribution < 1.29 is 17.9 Å². The molecule has 9 heteroatoms. The molecule has 0 radical (unpaired) electrons. The van der Waals surface area contributed by atoms with E-state index in [1.807, 2.05) is 17.8 Å². The Morgan fingerprint density at radius 3 is 2.31 bits per heavy atom. The topological polar surface area (TPSA) is 93.5 Å². The number of carbonyl (C=O) groups excluding carboxylic acids is 1. The van der Waals surface area contributed by atoms with Crippen molar-refractivity contribution >= 4 is 21.6 Å². The lowest BCUT2D eigenvalue weighted by molar-refractivity contribution is 0.102.